The van der Waals surface area contributed by atoms with Crippen molar-refractivity contribution in [2.24, 2.45) is 0 Å². The van der Waals surface area contributed by atoms with Gasteiger partial charge >= 0.3 is 11.9 Å². The van der Waals surface area contributed by atoms with E-state index in [-0.39, 0.29) is 24.8 Å². The van der Waals surface area contributed by atoms with Gasteiger partial charge in [0.15, 0.2) is 6.10 Å². The van der Waals surface area contributed by atoms with Crippen molar-refractivity contribution in [3.63, 3.8) is 0 Å². The molecule has 0 aliphatic heterocycles. The largest absolute Gasteiger partial charge is 0.466 e. The van der Waals surface area contributed by atoms with E-state index in [9.17, 15) is 9.59 Å². The van der Waals surface area contributed by atoms with Crippen LogP contribution in [0.15, 0.2) is 0 Å². The van der Waals surface area contributed by atoms with Gasteiger partial charge in [-0.15, -0.1) is 6.42 Å². The summed E-state index contributed by atoms with van der Waals surface area (Å²) >= 11 is 0. The summed E-state index contributed by atoms with van der Waals surface area (Å²) < 4.78 is 9.97. The van der Waals surface area contributed by atoms with E-state index in [1.54, 1.807) is 6.92 Å². The standard InChI is InChI=1S/C16H26O4/c1-4-6-7-8-9-13-19-15(17)11-10-12-16(18)20-14(3)5-2/h2,14H,4,6-13H2,1,3H3. The van der Waals surface area contributed by atoms with Crippen LogP contribution in [0.1, 0.15) is 65.2 Å². The molecule has 114 valence electrons. The Morgan fingerprint density at radius 2 is 1.70 bits per heavy atom. The minimum atomic E-state index is -0.516. The second-order valence-corrected chi connectivity index (χ2v) is 4.79. The lowest BCUT2D eigenvalue weighted by atomic mass is 10.2. The van der Waals surface area contributed by atoms with Crippen LogP contribution in [0.2, 0.25) is 0 Å². The van der Waals surface area contributed by atoms with Gasteiger partial charge in [-0.1, -0.05) is 38.5 Å². The van der Waals surface area contributed by atoms with E-state index >= 15 is 0 Å². The van der Waals surface area contributed by atoms with Gasteiger partial charge in [0.05, 0.1) is 6.61 Å². The summed E-state index contributed by atoms with van der Waals surface area (Å²) in [5, 5.41) is 0. The van der Waals surface area contributed by atoms with Crippen molar-refractivity contribution in [2.45, 2.75) is 71.3 Å². The molecule has 1 atom stereocenters. The van der Waals surface area contributed by atoms with Crippen molar-refractivity contribution in [3.05, 3.63) is 0 Å². The molecule has 0 radical (unpaired) electrons. The molecule has 0 heterocycles. The molecule has 0 aromatic rings. The van der Waals surface area contributed by atoms with Crippen molar-refractivity contribution in [3.8, 4) is 12.3 Å². The van der Waals surface area contributed by atoms with Crippen molar-refractivity contribution >= 4 is 11.9 Å². The second-order valence-electron chi connectivity index (χ2n) is 4.79. The summed E-state index contributed by atoms with van der Waals surface area (Å²) in [7, 11) is 0. The fraction of sp³-hybridized carbons (Fsp3) is 0.750. The Morgan fingerprint density at radius 1 is 1.05 bits per heavy atom. The molecule has 0 aliphatic carbocycles. The molecular weight excluding hydrogens is 256 g/mol. The topological polar surface area (TPSA) is 52.6 Å². The lowest BCUT2D eigenvalue weighted by Gasteiger charge is -2.07. The molecule has 0 aromatic carbocycles. The number of terminal acetylenes is 1. The van der Waals surface area contributed by atoms with Crippen LogP contribution in [0, 0.1) is 12.3 Å². The molecule has 20 heavy (non-hydrogen) atoms. The highest BCUT2D eigenvalue weighted by molar-refractivity contribution is 5.72. The first-order valence-electron chi connectivity index (χ1n) is 7.41. The minimum absolute atomic E-state index is 0.192. The van der Waals surface area contributed by atoms with Crippen LogP contribution in [0.5, 0.6) is 0 Å². The molecule has 0 spiro atoms. The maximum atomic E-state index is 11.4. The first-order valence-corrected chi connectivity index (χ1v) is 7.41. The summed E-state index contributed by atoms with van der Waals surface area (Å²) in [6.45, 7) is 4.27. The van der Waals surface area contributed by atoms with Crippen molar-refractivity contribution in [1.82, 2.24) is 0 Å². The summed E-state index contributed by atoms with van der Waals surface area (Å²) in [6.07, 6.45) is 11.1. The van der Waals surface area contributed by atoms with Crippen LogP contribution < -0.4 is 0 Å². The Kier molecular flexibility index (Phi) is 11.6. The van der Waals surface area contributed by atoms with E-state index in [0.29, 0.717) is 13.0 Å². The predicted octanol–water partition coefficient (Wildman–Crippen LogP) is 3.24. The molecule has 0 N–H and O–H groups in total. The van der Waals surface area contributed by atoms with Crippen LogP contribution in [0.25, 0.3) is 0 Å². The van der Waals surface area contributed by atoms with Crippen LogP contribution in [-0.2, 0) is 19.1 Å². The van der Waals surface area contributed by atoms with E-state index in [1.165, 1.54) is 19.3 Å². The maximum absolute atomic E-state index is 11.4. The third-order valence-electron chi connectivity index (χ3n) is 2.82. The zero-order valence-electron chi connectivity index (χ0n) is 12.7. The third-order valence-corrected chi connectivity index (χ3v) is 2.82. The van der Waals surface area contributed by atoms with Gasteiger partial charge in [-0.25, -0.2) is 0 Å². The van der Waals surface area contributed by atoms with Crippen molar-refractivity contribution in [1.29, 1.82) is 0 Å². The molecule has 0 aromatic heterocycles. The highest BCUT2D eigenvalue weighted by Crippen LogP contribution is 2.05. The number of unbranched alkanes of at least 4 members (excludes halogenated alkanes) is 4. The number of carbonyl (C=O) groups excluding carboxylic acids is 2. The van der Waals surface area contributed by atoms with Gasteiger partial charge in [0.25, 0.3) is 0 Å². The van der Waals surface area contributed by atoms with Gasteiger partial charge in [0.2, 0.25) is 0 Å². The number of carbonyl (C=O) groups is 2. The zero-order valence-corrected chi connectivity index (χ0v) is 12.7. The monoisotopic (exact) mass is 282 g/mol. The maximum Gasteiger partial charge on any atom is 0.307 e. The van der Waals surface area contributed by atoms with Gasteiger partial charge in [-0.05, 0) is 19.8 Å². The molecule has 4 nitrogen and oxygen atoms in total. The summed E-state index contributed by atoms with van der Waals surface area (Å²) in [6, 6.07) is 0. The highest BCUT2D eigenvalue weighted by Gasteiger charge is 2.09. The second kappa shape index (κ2) is 12.5. The number of hydrogen-bond donors (Lipinski definition) is 0. The Morgan fingerprint density at radius 3 is 2.35 bits per heavy atom. The quantitative estimate of drug-likeness (QED) is 0.332. The van der Waals surface area contributed by atoms with Crippen molar-refractivity contribution in [2.75, 3.05) is 6.61 Å². The third kappa shape index (κ3) is 11.6. The van der Waals surface area contributed by atoms with Gasteiger partial charge in [-0.3, -0.25) is 9.59 Å². The van der Waals surface area contributed by atoms with Gasteiger partial charge in [-0.2, -0.15) is 0 Å². The normalized spacial score (nSPS) is 11.4. The Bertz CT molecular complexity index is 317. The number of hydrogen-bond acceptors (Lipinski definition) is 4. The molecule has 1 unspecified atom stereocenters. The molecule has 4 heteroatoms. The molecule has 0 aliphatic rings. The first kappa shape index (κ1) is 18.5. The zero-order chi connectivity index (χ0) is 15.2. The number of esters is 2. The van der Waals surface area contributed by atoms with Crippen LogP contribution in [0.4, 0.5) is 0 Å². The van der Waals surface area contributed by atoms with E-state index in [0.717, 1.165) is 12.8 Å². The lowest BCUT2D eigenvalue weighted by Crippen LogP contribution is -2.13. The summed E-state index contributed by atoms with van der Waals surface area (Å²) in [5.41, 5.74) is 0. The van der Waals surface area contributed by atoms with Gasteiger partial charge < -0.3 is 9.47 Å². The average molecular weight is 282 g/mol. The fourth-order valence-corrected chi connectivity index (χ4v) is 1.63. The number of ether oxygens (including phenoxy) is 2. The molecule has 0 fully saturated rings. The molecule has 0 amide bonds. The Balaban J connectivity index is 3.45. The first-order chi connectivity index (χ1) is 9.60. The van der Waals surface area contributed by atoms with Crippen LogP contribution >= 0.6 is 0 Å². The van der Waals surface area contributed by atoms with Gasteiger partial charge in [0, 0.05) is 12.8 Å². The van der Waals surface area contributed by atoms with E-state index in [4.69, 9.17) is 15.9 Å². The van der Waals surface area contributed by atoms with Crippen molar-refractivity contribution < 1.29 is 19.1 Å². The Hall–Kier alpha value is -1.50. The smallest absolute Gasteiger partial charge is 0.307 e. The van der Waals surface area contributed by atoms with Crippen LogP contribution in [-0.4, -0.2) is 24.6 Å². The lowest BCUT2D eigenvalue weighted by molar-refractivity contribution is -0.146. The minimum Gasteiger partial charge on any atom is -0.466 e. The molecule has 0 bridgehead atoms. The number of rotatable bonds is 11. The Labute approximate surface area is 122 Å². The fourth-order valence-electron chi connectivity index (χ4n) is 1.63. The molecule has 0 rings (SSSR count). The molecular formula is C16H26O4. The van der Waals surface area contributed by atoms with Gasteiger partial charge in [0.1, 0.15) is 0 Å². The van der Waals surface area contributed by atoms with Crippen LogP contribution in [0.3, 0.4) is 0 Å². The SMILES string of the molecule is C#CC(C)OC(=O)CCCC(=O)OCCCCCCC. The predicted molar refractivity (Wildman–Crippen MR) is 78.0 cm³/mol. The van der Waals surface area contributed by atoms with E-state index in [2.05, 4.69) is 12.8 Å². The molecule has 0 saturated carbocycles. The average Bonchev–Trinajstić information content (AvgIpc) is 2.42. The molecule has 0 saturated heterocycles. The summed E-state index contributed by atoms with van der Waals surface area (Å²) in [5.74, 6) is 1.69. The summed E-state index contributed by atoms with van der Waals surface area (Å²) in [4.78, 5) is 22.7. The van der Waals surface area contributed by atoms with E-state index in [1.807, 2.05) is 0 Å². The van der Waals surface area contributed by atoms with E-state index < -0.39 is 6.10 Å². The highest BCUT2D eigenvalue weighted by atomic mass is 16.5.